The number of methoxy groups -OCH3 is 2. The van der Waals surface area contributed by atoms with Crippen LogP contribution in [0.4, 0.5) is 5.82 Å². The molecule has 0 saturated carbocycles. The number of carbonyl (C=O) groups is 1. The number of carbonyl (C=O) groups excluding carboxylic acids is 1. The minimum absolute atomic E-state index is 0.0282. The van der Waals surface area contributed by atoms with E-state index in [2.05, 4.69) is 15.5 Å². The van der Waals surface area contributed by atoms with Crippen molar-refractivity contribution in [3.63, 3.8) is 0 Å². The quantitative estimate of drug-likeness (QED) is 0.639. The summed E-state index contributed by atoms with van der Waals surface area (Å²) in [5, 5.41) is 11.7. The Kier molecular flexibility index (Phi) is 5.62. The van der Waals surface area contributed by atoms with Crippen molar-refractivity contribution in [2.45, 2.75) is 18.9 Å². The number of nitrogens with one attached hydrogen (secondary N) is 2. The van der Waals surface area contributed by atoms with Crippen LogP contribution in [0.15, 0.2) is 36.4 Å². The van der Waals surface area contributed by atoms with E-state index in [0.29, 0.717) is 13.1 Å². The number of para-hydroxylation sites is 1. The third kappa shape index (κ3) is 4.02. The van der Waals surface area contributed by atoms with E-state index in [-0.39, 0.29) is 18.4 Å². The standard InChI is InChI=1S/C21H25N5O3/c1-28-13-19(27)26-10-9-15(12-26)17-8-7-16-20(24-25-21(16)23-17)22-11-14-5-3-4-6-18(14)29-2/h3-8,15H,9-13H2,1-2H3,(H2,22,23,24,25)/t15-/m1/s1. The van der Waals surface area contributed by atoms with E-state index < -0.39 is 0 Å². The van der Waals surface area contributed by atoms with Crippen LogP contribution in [0.5, 0.6) is 5.75 Å². The highest BCUT2D eigenvalue weighted by atomic mass is 16.5. The first-order valence-electron chi connectivity index (χ1n) is 9.67. The molecule has 0 bridgehead atoms. The lowest BCUT2D eigenvalue weighted by Gasteiger charge is -2.15. The highest BCUT2D eigenvalue weighted by Crippen LogP contribution is 2.29. The van der Waals surface area contributed by atoms with Gasteiger partial charge in [0.25, 0.3) is 0 Å². The van der Waals surface area contributed by atoms with Crippen LogP contribution < -0.4 is 10.1 Å². The Morgan fingerprint density at radius 1 is 1.28 bits per heavy atom. The molecule has 3 aromatic rings. The Bertz CT molecular complexity index is 1000. The highest BCUT2D eigenvalue weighted by molar-refractivity contribution is 5.87. The van der Waals surface area contributed by atoms with Crippen LogP contribution >= 0.6 is 0 Å². The van der Waals surface area contributed by atoms with Crippen LogP contribution in [-0.2, 0) is 16.1 Å². The molecule has 8 nitrogen and oxygen atoms in total. The number of benzene rings is 1. The number of pyridine rings is 1. The average molecular weight is 395 g/mol. The summed E-state index contributed by atoms with van der Waals surface area (Å²) in [6.07, 6.45) is 0.904. The lowest BCUT2D eigenvalue weighted by molar-refractivity contribution is -0.134. The Labute approximate surface area is 169 Å². The molecule has 2 aromatic heterocycles. The number of hydrogen-bond acceptors (Lipinski definition) is 6. The van der Waals surface area contributed by atoms with Crippen molar-refractivity contribution in [1.82, 2.24) is 20.1 Å². The molecule has 1 amide bonds. The van der Waals surface area contributed by atoms with Crippen molar-refractivity contribution in [1.29, 1.82) is 0 Å². The van der Waals surface area contributed by atoms with E-state index in [4.69, 9.17) is 14.5 Å². The third-order valence-electron chi connectivity index (χ3n) is 5.31. The number of amides is 1. The summed E-state index contributed by atoms with van der Waals surface area (Å²) in [4.78, 5) is 18.6. The van der Waals surface area contributed by atoms with E-state index in [0.717, 1.165) is 46.8 Å². The number of aromatic amines is 1. The van der Waals surface area contributed by atoms with Crippen LogP contribution in [0.1, 0.15) is 23.6 Å². The maximum Gasteiger partial charge on any atom is 0.248 e. The molecule has 1 atom stereocenters. The van der Waals surface area contributed by atoms with Gasteiger partial charge >= 0.3 is 0 Å². The van der Waals surface area contributed by atoms with Crippen molar-refractivity contribution < 1.29 is 14.3 Å². The normalized spacial score (nSPS) is 16.3. The first-order valence-corrected chi connectivity index (χ1v) is 9.67. The number of H-pyrrole nitrogens is 1. The highest BCUT2D eigenvalue weighted by Gasteiger charge is 2.28. The van der Waals surface area contributed by atoms with Gasteiger partial charge in [0.05, 0.1) is 12.5 Å². The molecular weight excluding hydrogens is 370 g/mol. The molecule has 1 aromatic carbocycles. The third-order valence-corrected chi connectivity index (χ3v) is 5.31. The number of fused-ring (bicyclic) bond motifs is 1. The van der Waals surface area contributed by atoms with Gasteiger partial charge in [0.15, 0.2) is 11.5 Å². The number of aromatic nitrogens is 3. The summed E-state index contributed by atoms with van der Waals surface area (Å²) in [5.41, 5.74) is 2.78. The maximum absolute atomic E-state index is 12.0. The van der Waals surface area contributed by atoms with Gasteiger partial charge in [-0.1, -0.05) is 18.2 Å². The molecule has 29 heavy (non-hydrogen) atoms. The van der Waals surface area contributed by atoms with E-state index in [1.54, 1.807) is 14.2 Å². The summed E-state index contributed by atoms with van der Waals surface area (Å²) >= 11 is 0. The van der Waals surface area contributed by atoms with E-state index in [1.165, 1.54) is 0 Å². The molecule has 152 valence electrons. The second kappa shape index (κ2) is 8.48. The Balaban J connectivity index is 1.46. The molecule has 0 spiro atoms. The van der Waals surface area contributed by atoms with Gasteiger partial charge in [-0.15, -0.1) is 0 Å². The van der Waals surface area contributed by atoms with Gasteiger partial charge in [0.1, 0.15) is 12.4 Å². The zero-order chi connectivity index (χ0) is 20.2. The molecule has 1 aliphatic heterocycles. The second-order valence-electron chi connectivity index (χ2n) is 7.13. The number of anilines is 1. The van der Waals surface area contributed by atoms with Crippen molar-refractivity contribution in [2.24, 2.45) is 0 Å². The lowest BCUT2D eigenvalue weighted by Crippen LogP contribution is -2.31. The Morgan fingerprint density at radius 2 is 2.14 bits per heavy atom. The number of rotatable bonds is 7. The van der Waals surface area contributed by atoms with Gasteiger partial charge < -0.3 is 19.7 Å². The molecule has 4 rings (SSSR count). The van der Waals surface area contributed by atoms with Crippen molar-refractivity contribution in [2.75, 3.05) is 39.2 Å². The van der Waals surface area contributed by atoms with Gasteiger partial charge in [0.2, 0.25) is 5.91 Å². The minimum atomic E-state index is 0.0282. The van der Waals surface area contributed by atoms with Gasteiger partial charge in [-0.3, -0.25) is 9.89 Å². The smallest absolute Gasteiger partial charge is 0.248 e. The van der Waals surface area contributed by atoms with Crippen molar-refractivity contribution in [3.05, 3.63) is 47.7 Å². The zero-order valence-corrected chi connectivity index (χ0v) is 16.6. The summed E-state index contributed by atoms with van der Waals surface area (Å²) in [5.74, 6) is 1.86. The van der Waals surface area contributed by atoms with E-state index >= 15 is 0 Å². The topological polar surface area (TPSA) is 92.4 Å². The van der Waals surface area contributed by atoms with Gasteiger partial charge in [-0.2, -0.15) is 5.10 Å². The molecule has 0 aliphatic carbocycles. The molecular formula is C21H25N5O3. The number of ether oxygens (including phenoxy) is 2. The SMILES string of the molecule is COCC(=O)N1CC[C@@H](c2ccc3c(NCc4ccccc4OC)n[nH]c3n2)C1. The van der Waals surface area contributed by atoms with Crippen molar-refractivity contribution in [3.8, 4) is 5.75 Å². The molecule has 2 N–H and O–H groups in total. The molecule has 0 radical (unpaired) electrons. The number of likely N-dealkylation sites (tertiary alicyclic amines) is 1. The molecule has 1 fully saturated rings. The van der Waals surface area contributed by atoms with Gasteiger partial charge in [-0.05, 0) is 24.6 Å². The maximum atomic E-state index is 12.0. The average Bonchev–Trinajstić information content (AvgIpc) is 3.39. The Morgan fingerprint density at radius 3 is 2.97 bits per heavy atom. The molecule has 1 saturated heterocycles. The summed E-state index contributed by atoms with van der Waals surface area (Å²) < 4.78 is 10.4. The summed E-state index contributed by atoms with van der Waals surface area (Å²) in [6, 6.07) is 12.0. The number of nitrogens with zero attached hydrogens (tertiary/aromatic N) is 3. The predicted molar refractivity (Wildman–Crippen MR) is 110 cm³/mol. The predicted octanol–water partition coefficient (Wildman–Crippen LogP) is 2.54. The lowest BCUT2D eigenvalue weighted by atomic mass is 10.0. The van der Waals surface area contributed by atoms with Crippen LogP contribution in [-0.4, -0.2) is 59.9 Å². The van der Waals surface area contributed by atoms with Gasteiger partial charge in [0, 0.05) is 43.9 Å². The molecule has 1 aliphatic rings. The van der Waals surface area contributed by atoms with Crippen LogP contribution in [0, 0.1) is 0 Å². The fraction of sp³-hybridized carbons (Fsp3) is 0.381. The van der Waals surface area contributed by atoms with Crippen LogP contribution in [0.3, 0.4) is 0 Å². The fourth-order valence-electron chi connectivity index (χ4n) is 3.75. The number of hydrogen-bond donors (Lipinski definition) is 2. The summed E-state index contributed by atoms with van der Waals surface area (Å²) in [6.45, 7) is 2.14. The molecule has 3 heterocycles. The molecule has 0 unspecified atom stereocenters. The second-order valence-corrected chi connectivity index (χ2v) is 7.13. The molecule has 8 heteroatoms. The van der Waals surface area contributed by atoms with Crippen LogP contribution in [0.25, 0.3) is 11.0 Å². The van der Waals surface area contributed by atoms with Gasteiger partial charge in [-0.25, -0.2) is 4.98 Å². The fourth-order valence-corrected chi connectivity index (χ4v) is 3.75. The minimum Gasteiger partial charge on any atom is -0.496 e. The monoisotopic (exact) mass is 395 g/mol. The summed E-state index contributed by atoms with van der Waals surface area (Å²) in [7, 11) is 3.21. The Hall–Kier alpha value is -3.13. The van der Waals surface area contributed by atoms with Crippen LogP contribution in [0.2, 0.25) is 0 Å². The van der Waals surface area contributed by atoms with E-state index in [9.17, 15) is 4.79 Å². The first kappa shape index (κ1) is 19.2. The largest absolute Gasteiger partial charge is 0.496 e. The zero-order valence-electron chi connectivity index (χ0n) is 16.6. The van der Waals surface area contributed by atoms with E-state index in [1.807, 2.05) is 41.3 Å². The first-order chi connectivity index (χ1) is 14.2. The van der Waals surface area contributed by atoms with Crippen molar-refractivity contribution >= 4 is 22.8 Å².